The van der Waals surface area contributed by atoms with Gasteiger partial charge in [0.2, 0.25) is 11.8 Å². The summed E-state index contributed by atoms with van der Waals surface area (Å²) in [6.45, 7) is 0.0712. The molecular weight excluding hydrogens is 524 g/mol. The summed E-state index contributed by atoms with van der Waals surface area (Å²) in [6, 6.07) is 7.09. The van der Waals surface area contributed by atoms with E-state index in [2.05, 4.69) is 10.6 Å². The molecule has 38 heavy (non-hydrogen) atoms. The molecule has 1 saturated heterocycles. The van der Waals surface area contributed by atoms with E-state index in [1.54, 1.807) is 0 Å². The number of methoxy groups -OCH3 is 1. The van der Waals surface area contributed by atoms with Gasteiger partial charge in [-0.05, 0) is 29.8 Å². The van der Waals surface area contributed by atoms with Crippen LogP contribution in [0.15, 0.2) is 48.5 Å². The van der Waals surface area contributed by atoms with E-state index in [1.165, 1.54) is 38.4 Å². The average Bonchev–Trinajstić information content (AvgIpc) is 3.28. The van der Waals surface area contributed by atoms with Crippen molar-refractivity contribution in [2.24, 2.45) is 5.92 Å². The minimum atomic E-state index is -6.06. The van der Waals surface area contributed by atoms with Crippen molar-refractivity contribution >= 4 is 23.4 Å². The number of halogens is 6. The van der Waals surface area contributed by atoms with Gasteiger partial charge >= 0.3 is 12.4 Å². The molecule has 2 unspecified atom stereocenters. The predicted molar refractivity (Wildman–Crippen MR) is 121 cm³/mol. The van der Waals surface area contributed by atoms with Crippen molar-refractivity contribution in [2.75, 3.05) is 26.0 Å². The van der Waals surface area contributed by atoms with Gasteiger partial charge in [-0.15, -0.1) is 0 Å². The van der Waals surface area contributed by atoms with Crippen molar-refractivity contribution in [3.05, 3.63) is 59.7 Å². The second kappa shape index (κ2) is 10.5. The number of benzene rings is 2. The van der Waals surface area contributed by atoms with Gasteiger partial charge in [-0.1, -0.05) is 24.3 Å². The van der Waals surface area contributed by atoms with Crippen molar-refractivity contribution < 1.29 is 50.6 Å². The van der Waals surface area contributed by atoms with Gasteiger partial charge in [-0.25, -0.2) is 0 Å². The Bertz CT molecular complexity index is 1170. The summed E-state index contributed by atoms with van der Waals surface area (Å²) in [7, 11) is 2.75. The smallest absolute Gasteiger partial charge is 0.430 e. The number of amides is 3. The van der Waals surface area contributed by atoms with Crippen LogP contribution in [0.2, 0.25) is 0 Å². The van der Waals surface area contributed by atoms with Crippen molar-refractivity contribution in [2.45, 2.75) is 30.4 Å². The normalized spacial score (nSPS) is 17.0. The van der Waals surface area contributed by atoms with Crippen LogP contribution in [0.4, 0.5) is 32.0 Å². The molecule has 1 aliphatic heterocycles. The minimum absolute atomic E-state index is 0.0712. The zero-order chi connectivity index (χ0) is 28.5. The number of hydrogen-bond donors (Lipinski definition) is 3. The molecule has 206 valence electrons. The second-order valence-corrected chi connectivity index (χ2v) is 8.60. The first-order valence-corrected chi connectivity index (χ1v) is 11.0. The summed E-state index contributed by atoms with van der Waals surface area (Å²) in [4.78, 5) is 38.9. The number of anilines is 1. The first kappa shape index (κ1) is 28.8. The molecular formula is C24H23F6N3O5. The molecule has 3 rings (SSSR count). The van der Waals surface area contributed by atoms with Crippen LogP contribution in [-0.2, 0) is 20.0 Å². The second-order valence-electron chi connectivity index (χ2n) is 8.60. The summed E-state index contributed by atoms with van der Waals surface area (Å²) in [5, 5.41) is 14.4. The van der Waals surface area contributed by atoms with E-state index < -0.39 is 47.3 Å². The van der Waals surface area contributed by atoms with Crippen LogP contribution >= 0.6 is 0 Å². The molecule has 14 heteroatoms. The summed E-state index contributed by atoms with van der Waals surface area (Å²) >= 11 is 0. The maximum atomic E-state index is 13.3. The largest absolute Gasteiger partial charge is 0.497 e. The van der Waals surface area contributed by atoms with Gasteiger partial charge in [-0.2, -0.15) is 26.3 Å². The molecule has 0 spiro atoms. The van der Waals surface area contributed by atoms with Gasteiger partial charge in [-0.3, -0.25) is 14.4 Å². The third-order valence-corrected chi connectivity index (χ3v) is 6.13. The van der Waals surface area contributed by atoms with Crippen LogP contribution < -0.4 is 15.4 Å². The fourth-order valence-electron chi connectivity index (χ4n) is 4.03. The Morgan fingerprint density at radius 1 is 1.03 bits per heavy atom. The number of nitrogens with one attached hydrogen (secondary N) is 2. The molecule has 0 saturated carbocycles. The lowest BCUT2D eigenvalue weighted by atomic mass is 9.92. The zero-order valence-electron chi connectivity index (χ0n) is 20.0. The highest BCUT2D eigenvalue weighted by atomic mass is 19.4. The van der Waals surface area contributed by atoms with Gasteiger partial charge in [0.1, 0.15) is 11.8 Å². The van der Waals surface area contributed by atoms with Crippen molar-refractivity contribution in [1.29, 1.82) is 0 Å². The number of hydrogen-bond acceptors (Lipinski definition) is 5. The number of nitrogens with zero attached hydrogens (tertiary/aromatic N) is 1. The molecule has 3 N–H and O–H groups in total. The van der Waals surface area contributed by atoms with Crippen LogP contribution in [0.5, 0.6) is 5.75 Å². The third kappa shape index (κ3) is 5.54. The Hall–Kier alpha value is -3.81. The van der Waals surface area contributed by atoms with Gasteiger partial charge in [0.05, 0.1) is 13.0 Å². The zero-order valence-corrected chi connectivity index (χ0v) is 20.0. The van der Waals surface area contributed by atoms with Crippen LogP contribution in [-0.4, -0.2) is 60.8 Å². The van der Waals surface area contributed by atoms with Gasteiger partial charge in [0.25, 0.3) is 11.5 Å². The molecule has 3 amide bonds. The van der Waals surface area contributed by atoms with Gasteiger partial charge in [0, 0.05) is 31.3 Å². The standard InChI is InChI=1S/C24H23F6N3O5/c1-33(21(36)14-11-18(34)31-12-14)19(13-3-9-17(38-2)10-4-13)20(35)32-16-7-5-15(6-8-16)22(37,23(25,26)27)24(28,29)30/h3-10,14,19,37H,11-12H2,1-2H3,(H,31,34)(H,32,35). The Morgan fingerprint density at radius 3 is 2.03 bits per heavy atom. The van der Waals surface area contributed by atoms with Crippen LogP contribution in [0.1, 0.15) is 23.6 Å². The van der Waals surface area contributed by atoms with E-state index in [4.69, 9.17) is 4.74 Å². The van der Waals surface area contributed by atoms with E-state index in [0.29, 0.717) is 23.4 Å². The molecule has 1 fully saturated rings. The average molecular weight is 547 g/mol. The Kier molecular flexibility index (Phi) is 7.96. The third-order valence-electron chi connectivity index (χ3n) is 6.13. The molecule has 0 aliphatic carbocycles. The topological polar surface area (TPSA) is 108 Å². The summed E-state index contributed by atoms with van der Waals surface area (Å²) in [6.07, 6.45) is -12.2. The number of carbonyl (C=O) groups is 3. The maximum Gasteiger partial charge on any atom is 0.430 e. The first-order valence-electron chi connectivity index (χ1n) is 11.0. The Balaban J connectivity index is 1.90. The number of aliphatic hydroxyl groups is 1. The van der Waals surface area contributed by atoms with E-state index in [1.807, 2.05) is 0 Å². The van der Waals surface area contributed by atoms with E-state index >= 15 is 0 Å². The Morgan fingerprint density at radius 2 is 1.58 bits per heavy atom. The SMILES string of the molecule is COc1ccc(C(C(=O)Nc2ccc(C(O)(C(F)(F)F)C(F)(F)F)cc2)N(C)C(=O)C2CNC(=O)C2)cc1. The molecule has 2 aromatic carbocycles. The Labute approximate surface area is 212 Å². The van der Waals surface area contributed by atoms with Gasteiger partial charge < -0.3 is 25.4 Å². The maximum absolute atomic E-state index is 13.3. The lowest BCUT2D eigenvalue weighted by molar-refractivity contribution is -0.376. The lowest BCUT2D eigenvalue weighted by Gasteiger charge is -2.32. The molecule has 8 nitrogen and oxygen atoms in total. The first-order chi connectivity index (χ1) is 17.6. The summed E-state index contributed by atoms with van der Waals surface area (Å²) in [5.74, 6) is -1.99. The highest BCUT2D eigenvalue weighted by Crippen LogP contribution is 2.50. The summed E-state index contributed by atoms with van der Waals surface area (Å²) in [5.41, 5.74) is -6.49. The monoisotopic (exact) mass is 547 g/mol. The fraction of sp³-hybridized carbons (Fsp3) is 0.375. The molecule has 0 radical (unpaired) electrons. The lowest BCUT2D eigenvalue weighted by Crippen LogP contribution is -2.53. The van der Waals surface area contributed by atoms with Crippen molar-refractivity contribution in [1.82, 2.24) is 10.2 Å². The summed E-state index contributed by atoms with van der Waals surface area (Å²) < 4.78 is 84.0. The number of carbonyl (C=O) groups excluding carboxylic acids is 3. The molecule has 2 atom stereocenters. The van der Waals surface area contributed by atoms with Gasteiger partial charge in [0.15, 0.2) is 0 Å². The minimum Gasteiger partial charge on any atom is -0.497 e. The van der Waals surface area contributed by atoms with Crippen LogP contribution in [0.3, 0.4) is 0 Å². The number of likely N-dealkylation sites (N-methyl/N-ethyl adjacent to an activating group) is 1. The van der Waals surface area contributed by atoms with Crippen molar-refractivity contribution in [3.8, 4) is 5.75 Å². The fourth-order valence-corrected chi connectivity index (χ4v) is 4.03. The van der Waals surface area contributed by atoms with Crippen LogP contribution in [0.25, 0.3) is 0 Å². The van der Waals surface area contributed by atoms with Crippen molar-refractivity contribution in [3.63, 3.8) is 0 Å². The molecule has 1 heterocycles. The number of rotatable bonds is 7. The highest BCUT2D eigenvalue weighted by molar-refractivity contribution is 5.99. The van der Waals surface area contributed by atoms with E-state index in [-0.39, 0.29) is 24.6 Å². The molecule has 1 aliphatic rings. The molecule has 2 aromatic rings. The number of alkyl halides is 6. The quantitative estimate of drug-likeness (QED) is 0.462. The predicted octanol–water partition coefficient (Wildman–Crippen LogP) is 3.28. The van der Waals surface area contributed by atoms with E-state index in [9.17, 15) is 45.8 Å². The molecule has 0 aromatic heterocycles. The number of ether oxygens (including phenoxy) is 1. The van der Waals surface area contributed by atoms with Crippen LogP contribution in [0, 0.1) is 5.92 Å². The van der Waals surface area contributed by atoms with E-state index in [0.717, 1.165) is 17.0 Å². The highest BCUT2D eigenvalue weighted by Gasteiger charge is 2.71. The molecule has 0 bridgehead atoms.